The van der Waals surface area contributed by atoms with E-state index < -0.39 is 17.2 Å². The zero-order valence-electron chi connectivity index (χ0n) is 31.5. The standard InChI is InChI=1S/C21H25FN2O4.C16H28BNO4/c1-5-27-19(25)17-11-14-10-15(22)12-16(18(14)23-17)13-6-8-24(9-7-13)20(26)28-21(2,3)4;1-14(2,3)20-13(19)18-10-8-12(9-11-18)17-21-15(4,5)16(6,7)22-17/h6,10-12,23H,5,7-9H2,1-4H3;8H,9-11H2,1-7H3. The molecule has 0 bridgehead atoms. The van der Waals surface area contributed by atoms with Crippen LogP contribution in [0.25, 0.3) is 16.5 Å². The van der Waals surface area contributed by atoms with E-state index in [1.807, 2.05) is 81.4 Å². The number of nitrogens with zero attached hydrogens (tertiary/aromatic N) is 2. The van der Waals surface area contributed by atoms with E-state index in [0.717, 1.165) is 17.5 Å². The van der Waals surface area contributed by atoms with E-state index in [1.165, 1.54) is 12.1 Å². The molecule has 0 unspecified atom stereocenters. The fourth-order valence-corrected chi connectivity index (χ4v) is 5.57. The molecule has 3 aliphatic heterocycles. The number of carbonyl (C=O) groups is 3. The Labute approximate surface area is 295 Å². The van der Waals surface area contributed by atoms with Crippen LogP contribution in [0.3, 0.4) is 0 Å². The number of rotatable bonds is 4. The molecule has 0 aliphatic carbocycles. The van der Waals surface area contributed by atoms with E-state index in [0.29, 0.717) is 49.1 Å². The maximum Gasteiger partial charge on any atom is 0.490 e. The first-order valence-corrected chi connectivity index (χ1v) is 17.3. The Bertz CT molecular complexity index is 1630. The maximum atomic E-state index is 14.2. The van der Waals surface area contributed by atoms with Crippen LogP contribution in [-0.4, -0.2) is 95.2 Å². The Kier molecular flexibility index (Phi) is 11.5. The zero-order valence-corrected chi connectivity index (χ0v) is 31.5. The van der Waals surface area contributed by atoms with Crippen LogP contribution in [0, 0.1) is 5.82 Å². The van der Waals surface area contributed by atoms with Crippen molar-refractivity contribution in [1.82, 2.24) is 14.8 Å². The predicted octanol–water partition coefficient (Wildman–Crippen LogP) is 7.69. The van der Waals surface area contributed by atoms with Gasteiger partial charge in [-0.3, -0.25) is 0 Å². The third-order valence-electron chi connectivity index (χ3n) is 8.85. The molecule has 1 aromatic carbocycles. The van der Waals surface area contributed by atoms with Crippen LogP contribution in [-0.2, 0) is 23.5 Å². The molecule has 1 aromatic heterocycles. The van der Waals surface area contributed by atoms with Gasteiger partial charge in [0, 0.05) is 37.1 Å². The molecule has 2 aromatic rings. The summed E-state index contributed by atoms with van der Waals surface area (Å²) in [5.41, 5.74) is 2.00. The zero-order chi connectivity index (χ0) is 37.2. The molecular weight excluding hydrogens is 644 g/mol. The van der Waals surface area contributed by atoms with Crippen molar-refractivity contribution in [3.63, 3.8) is 0 Å². The minimum absolute atomic E-state index is 0.265. The number of ether oxygens (including phenoxy) is 3. The summed E-state index contributed by atoms with van der Waals surface area (Å²) in [6.45, 7) is 23.3. The molecule has 274 valence electrons. The summed E-state index contributed by atoms with van der Waals surface area (Å²) in [4.78, 5) is 42.7. The van der Waals surface area contributed by atoms with Gasteiger partial charge < -0.3 is 38.3 Å². The van der Waals surface area contributed by atoms with Crippen molar-refractivity contribution in [2.75, 3.05) is 32.8 Å². The van der Waals surface area contributed by atoms with E-state index in [1.54, 1.807) is 22.8 Å². The molecule has 0 spiro atoms. The Morgan fingerprint density at radius 3 is 1.86 bits per heavy atom. The number of hydrogen-bond acceptors (Lipinski definition) is 8. The lowest BCUT2D eigenvalue weighted by atomic mass is 9.75. The normalized spacial score (nSPS) is 18.9. The van der Waals surface area contributed by atoms with E-state index in [-0.39, 0.29) is 48.6 Å². The van der Waals surface area contributed by atoms with Gasteiger partial charge >= 0.3 is 25.3 Å². The minimum Gasteiger partial charge on any atom is -0.461 e. The molecule has 5 rings (SSSR count). The number of aromatic amines is 1. The lowest BCUT2D eigenvalue weighted by Crippen LogP contribution is -2.41. The van der Waals surface area contributed by atoms with Crippen LogP contribution in [0.5, 0.6) is 0 Å². The molecule has 1 N–H and O–H groups in total. The van der Waals surface area contributed by atoms with Gasteiger partial charge in [-0.25, -0.2) is 18.8 Å². The molecule has 0 saturated carbocycles. The van der Waals surface area contributed by atoms with Crippen LogP contribution in [0.4, 0.5) is 14.0 Å². The molecule has 3 aliphatic rings. The third kappa shape index (κ3) is 9.69. The van der Waals surface area contributed by atoms with Crippen molar-refractivity contribution in [2.45, 2.75) is 111 Å². The number of benzene rings is 1. The van der Waals surface area contributed by atoms with Crippen molar-refractivity contribution in [3.05, 3.63) is 52.9 Å². The molecule has 0 radical (unpaired) electrons. The highest BCUT2D eigenvalue weighted by Gasteiger charge is 2.52. The van der Waals surface area contributed by atoms with Crippen molar-refractivity contribution in [2.24, 2.45) is 0 Å². The first kappa shape index (κ1) is 39.0. The lowest BCUT2D eigenvalue weighted by molar-refractivity contribution is 0.00578. The van der Waals surface area contributed by atoms with Crippen LogP contribution < -0.4 is 0 Å². The quantitative estimate of drug-likeness (QED) is 0.196. The summed E-state index contributed by atoms with van der Waals surface area (Å²) in [5, 5.41) is 0.605. The molecule has 13 heteroatoms. The number of carbonyl (C=O) groups excluding carboxylic acids is 3. The van der Waals surface area contributed by atoms with E-state index in [4.69, 9.17) is 23.5 Å². The minimum atomic E-state index is -0.552. The molecule has 50 heavy (non-hydrogen) atoms. The first-order valence-electron chi connectivity index (χ1n) is 17.3. The average molecular weight is 698 g/mol. The first-order chi connectivity index (χ1) is 23.1. The summed E-state index contributed by atoms with van der Waals surface area (Å²) in [7, 11) is -0.314. The molecule has 11 nitrogen and oxygen atoms in total. The number of nitrogens with one attached hydrogen (secondary N) is 1. The fourth-order valence-electron chi connectivity index (χ4n) is 5.57. The number of hydrogen-bond donors (Lipinski definition) is 1. The summed E-state index contributed by atoms with van der Waals surface area (Å²) in [6, 6.07) is 4.42. The van der Waals surface area contributed by atoms with Gasteiger partial charge in [0.05, 0.1) is 23.3 Å². The van der Waals surface area contributed by atoms with Crippen LogP contribution >= 0.6 is 0 Å². The average Bonchev–Trinajstić information content (AvgIpc) is 3.52. The summed E-state index contributed by atoms with van der Waals surface area (Å²) >= 11 is 0. The highest BCUT2D eigenvalue weighted by Crippen LogP contribution is 2.39. The van der Waals surface area contributed by atoms with E-state index in [2.05, 4.69) is 4.98 Å². The second kappa shape index (κ2) is 14.8. The SMILES string of the molecule is CC(C)(C)OC(=O)N1CC=C(B2OC(C)(C)C(C)(C)O2)CC1.CCOC(=O)c1cc2cc(F)cc(C3=CCN(C(=O)OC(C)(C)C)CC3)c2[nH]1. The topological polar surface area (TPSA) is 120 Å². The fraction of sp³-hybridized carbons (Fsp3) is 0.595. The van der Waals surface area contributed by atoms with E-state index >= 15 is 0 Å². The largest absolute Gasteiger partial charge is 0.490 e. The molecule has 1 saturated heterocycles. The summed E-state index contributed by atoms with van der Waals surface area (Å²) in [6.07, 6.45) is 4.59. The van der Waals surface area contributed by atoms with Gasteiger partial charge in [-0.1, -0.05) is 12.2 Å². The molecule has 1 fully saturated rings. The van der Waals surface area contributed by atoms with Gasteiger partial charge in [0.25, 0.3) is 0 Å². The number of halogens is 1. The smallest absolute Gasteiger partial charge is 0.461 e. The van der Waals surface area contributed by atoms with Crippen LogP contribution in [0.1, 0.15) is 105 Å². The highest BCUT2D eigenvalue weighted by atomic mass is 19.1. The van der Waals surface area contributed by atoms with Crippen molar-refractivity contribution >= 4 is 41.8 Å². The maximum absolute atomic E-state index is 14.2. The van der Waals surface area contributed by atoms with Gasteiger partial charge in [0.1, 0.15) is 22.7 Å². The Balaban J connectivity index is 0.000000232. The van der Waals surface area contributed by atoms with Crippen molar-refractivity contribution in [1.29, 1.82) is 0 Å². The lowest BCUT2D eigenvalue weighted by Gasteiger charge is -2.32. The second-order valence-electron chi connectivity index (χ2n) is 15.8. The van der Waals surface area contributed by atoms with E-state index in [9.17, 15) is 18.8 Å². The Hall–Kier alpha value is -3.84. The molecular formula is C37H53BFN3O8. The number of H-pyrrole nitrogens is 1. The number of aromatic nitrogens is 1. The van der Waals surface area contributed by atoms with Crippen molar-refractivity contribution in [3.8, 4) is 0 Å². The molecule has 2 amide bonds. The van der Waals surface area contributed by atoms with Gasteiger partial charge in [-0.05, 0) is 118 Å². The van der Waals surface area contributed by atoms with Crippen molar-refractivity contribution < 1.29 is 42.3 Å². The number of fused-ring (bicyclic) bond motifs is 1. The molecule has 0 atom stereocenters. The summed E-state index contributed by atoms with van der Waals surface area (Å²) in [5.74, 6) is -0.855. The second-order valence-corrected chi connectivity index (χ2v) is 15.8. The van der Waals surface area contributed by atoms with Gasteiger partial charge in [-0.2, -0.15) is 0 Å². The Morgan fingerprint density at radius 1 is 0.860 bits per heavy atom. The summed E-state index contributed by atoms with van der Waals surface area (Å²) < 4.78 is 42.1. The highest BCUT2D eigenvalue weighted by molar-refractivity contribution is 6.54. The number of amides is 2. The monoisotopic (exact) mass is 697 g/mol. The third-order valence-corrected chi connectivity index (χ3v) is 8.85. The van der Waals surface area contributed by atoms with Gasteiger partial charge in [0.2, 0.25) is 0 Å². The Morgan fingerprint density at radius 2 is 1.40 bits per heavy atom. The molecule has 4 heterocycles. The van der Waals surface area contributed by atoms with Crippen LogP contribution in [0.2, 0.25) is 0 Å². The predicted molar refractivity (Wildman–Crippen MR) is 191 cm³/mol. The number of esters is 1. The van der Waals surface area contributed by atoms with Gasteiger partial charge in [-0.15, -0.1) is 0 Å². The van der Waals surface area contributed by atoms with Crippen LogP contribution in [0.15, 0.2) is 35.8 Å². The van der Waals surface area contributed by atoms with Gasteiger partial charge in [0.15, 0.2) is 0 Å².